The fourth-order valence-corrected chi connectivity index (χ4v) is 1.29. The molecule has 0 saturated heterocycles. The Labute approximate surface area is 57.9 Å². The molecule has 0 aliphatic heterocycles. The Balaban J connectivity index is 4.16. The van der Waals surface area contributed by atoms with Gasteiger partial charge in [-0.05, 0) is 0 Å². The maximum atomic E-state index is 11.2. The Kier molecular flexibility index (Phi) is 3.43. The Hall–Kier alpha value is 0.0200. The Morgan fingerprint density at radius 2 is 1.50 bits per heavy atom. The molecule has 0 atom stereocenters. The molecule has 0 aliphatic carbocycles. The van der Waals surface area contributed by atoms with Crippen molar-refractivity contribution in [3.63, 3.8) is 0 Å². The van der Waals surface area contributed by atoms with Crippen molar-refractivity contribution < 1.29 is 26.0 Å². The second-order valence-corrected chi connectivity index (χ2v) is 4.97. The fourth-order valence-electron chi connectivity index (χ4n) is 0.143. The van der Waals surface area contributed by atoms with E-state index in [1.165, 1.54) is 0 Å². The smallest absolute Gasteiger partial charge is 0.211 e. The highest BCUT2D eigenvalue weighted by Crippen LogP contribution is 2.26. The van der Waals surface area contributed by atoms with Gasteiger partial charge in [0.2, 0.25) is 0 Å². The Morgan fingerprint density at radius 1 is 1.10 bits per heavy atom. The van der Waals surface area contributed by atoms with Crippen LogP contribution in [0.4, 0.5) is 17.6 Å². The van der Waals surface area contributed by atoms with Crippen LogP contribution in [0.15, 0.2) is 0 Å². The first-order valence-electron chi connectivity index (χ1n) is 1.84. The molecule has 0 aromatic carbocycles. The van der Waals surface area contributed by atoms with E-state index in [2.05, 4.69) is 0 Å². The molecular formula is C2H2F4O2S2. The molecule has 10 heavy (non-hydrogen) atoms. The van der Waals surface area contributed by atoms with Gasteiger partial charge in [-0.25, -0.2) is 8.42 Å². The molecule has 62 valence electrons. The van der Waals surface area contributed by atoms with Crippen LogP contribution in [-0.2, 0) is 8.87 Å². The third kappa shape index (κ3) is 3.25. The number of halogens is 4. The number of alkyl halides is 4. The largest absolute Gasteiger partial charge is 0.346 e. The monoisotopic (exact) mass is 198 g/mol. The van der Waals surface area contributed by atoms with Gasteiger partial charge >= 0.3 is 5.76 Å². The van der Waals surface area contributed by atoms with Gasteiger partial charge in [0.05, 0.1) is 0 Å². The van der Waals surface area contributed by atoms with E-state index in [9.17, 15) is 26.0 Å². The molecule has 8 heteroatoms. The highest BCUT2D eigenvalue weighted by Gasteiger charge is 2.29. The van der Waals surface area contributed by atoms with Crippen molar-refractivity contribution >= 4 is 19.7 Å². The van der Waals surface area contributed by atoms with Crippen LogP contribution in [0, 0.1) is 0 Å². The van der Waals surface area contributed by atoms with Gasteiger partial charge in [-0.2, -0.15) is 17.6 Å². The Morgan fingerprint density at radius 3 is 1.60 bits per heavy atom. The van der Waals surface area contributed by atoms with Crippen LogP contribution in [0.2, 0.25) is 0 Å². The lowest BCUT2D eigenvalue weighted by Crippen LogP contribution is -2.07. The van der Waals surface area contributed by atoms with E-state index >= 15 is 0 Å². The third-order valence-corrected chi connectivity index (χ3v) is 2.95. The van der Waals surface area contributed by atoms with Crippen LogP contribution in [-0.4, -0.2) is 19.9 Å². The number of hydrogen-bond donors (Lipinski definition) is 0. The normalized spacial score (nSPS) is 13.0. The summed E-state index contributed by atoms with van der Waals surface area (Å²) in [4.78, 5) is 0. The summed E-state index contributed by atoms with van der Waals surface area (Å²) in [6.07, 6.45) is 0. The summed E-state index contributed by atoms with van der Waals surface area (Å²) in [7, 11) is -6.01. The summed E-state index contributed by atoms with van der Waals surface area (Å²) < 4.78 is 64.5. The van der Waals surface area contributed by atoms with E-state index in [4.69, 9.17) is 0 Å². The van der Waals surface area contributed by atoms with Gasteiger partial charge < -0.3 is 0 Å². The van der Waals surface area contributed by atoms with E-state index in [1.54, 1.807) is 0 Å². The molecule has 0 N–H and O–H groups in total. The van der Waals surface area contributed by atoms with Crippen LogP contribution < -0.4 is 0 Å². The van der Waals surface area contributed by atoms with Crippen LogP contribution in [0.5, 0.6) is 0 Å². The summed E-state index contributed by atoms with van der Waals surface area (Å²) in [5, 5.41) is 0. The van der Waals surface area contributed by atoms with Gasteiger partial charge in [0, 0.05) is 10.8 Å². The zero-order chi connectivity index (χ0) is 8.36. The molecule has 0 aromatic heterocycles. The zero-order valence-corrected chi connectivity index (χ0v) is 5.93. The second kappa shape index (κ2) is 3.42. The molecule has 2 nitrogen and oxygen atoms in total. The third-order valence-electron chi connectivity index (χ3n) is 0.425. The standard InChI is InChI=1S/C2H2F4O2S2/c3-1(4)9-10(7,8)2(5)6/h1-2H. The van der Waals surface area contributed by atoms with Crippen molar-refractivity contribution in [2.45, 2.75) is 11.5 Å². The van der Waals surface area contributed by atoms with Gasteiger partial charge in [0.15, 0.2) is 0 Å². The first-order chi connectivity index (χ1) is 4.36. The van der Waals surface area contributed by atoms with E-state index in [1.807, 2.05) is 0 Å². The SMILES string of the molecule is O=S(=O)(SC(F)F)C(F)F. The molecule has 0 aromatic rings. The van der Waals surface area contributed by atoms with Crippen molar-refractivity contribution in [2.24, 2.45) is 0 Å². The lowest BCUT2D eigenvalue weighted by Gasteiger charge is -1.98. The first-order valence-corrected chi connectivity index (χ1v) is 4.79. The highest BCUT2D eigenvalue weighted by atomic mass is 33.1. The van der Waals surface area contributed by atoms with Gasteiger partial charge in [0.25, 0.3) is 14.6 Å². The average molecular weight is 198 g/mol. The quantitative estimate of drug-likeness (QED) is 0.509. The van der Waals surface area contributed by atoms with E-state index < -0.39 is 31.2 Å². The summed E-state index contributed by atoms with van der Waals surface area (Å²) >= 11 is 0. The maximum Gasteiger partial charge on any atom is 0.346 e. The molecule has 0 fully saturated rings. The minimum Gasteiger partial charge on any atom is -0.211 e. The average Bonchev–Trinajstić information content (AvgIpc) is 1.60. The van der Waals surface area contributed by atoms with Crippen LogP contribution in [0.25, 0.3) is 0 Å². The van der Waals surface area contributed by atoms with Crippen molar-refractivity contribution in [2.75, 3.05) is 0 Å². The van der Waals surface area contributed by atoms with Crippen LogP contribution in [0.1, 0.15) is 0 Å². The van der Waals surface area contributed by atoms with Crippen LogP contribution in [0.3, 0.4) is 0 Å². The molecule has 0 amide bonds. The summed E-state index contributed by atoms with van der Waals surface area (Å²) in [5.74, 6) is -7.06. The van der Waals surface area contributed by atoms with Gasteiger partial charge in [-0.15, -0.1) is 0 Å². The molecule has 0 spiro atoms. The van der Waals surface area contributed by atoms with Gasteiger partial charge in [-0.3, -0.25) is 0 Å². The van der Waals surface area contributed by atoms with Crippen molar-refractivity contribution in [3.8, 4) is 0 Å². The topological polar surface area (TPSA) is 34.1 Å². The predicted octanol–water partition coefficient (Wildman–Crippen LogP) is 1.49. The molecule has 0 heterocycles. The molecule has 0 unspecified atom stereocenters. The van der Waals surface area contributed by atoms with Crippen molar-refractivity contribution in [1.29, 1.82) is 0 Å². The number of rotatable bonds is 3. The van der Waals surface area contributed by atoms with Crippen LogP contribution >= 0.6 is 10.8 Å². The number of hydrogen-bond acceptors (Lipinski definition) is 3. The lowest BCUT2D eigenvalue weighted by molar-refractivity contribution is 0.235. The van der Waals surface area contributed by atoms with E-state index in [-0.39, 0.29) is 0 Å². The molecule has 0 bridgehead atoms. The minimum atomic E-state index is -4.96. The van der Waals surface area contributed by atoms with Crippen molar-refractivity contribution in [3.05, 3.63) is 0 Å². The van der Waals surface area contributed by atoms with Crippen molar-refractivity contribution in [1.82, 2.24) is 0 Å². The molecule has 0 radical (unpaired) electrons. The van der Waals surface area contributed by atoms with E-state index in [0.29, 0.717) is 0 Å². The maximum absolute atomic E-state index is 11.2. The van der Waals surface area contributed by atoms with E-state index in [0.717, 1.165) is 0 Å². The minimum absolute atomic E-state index is 1.05. The van der Waals surface area contributed by atoms with Gasteiger partial charge in [-0.1, -0.05) is 0 Å². The molecule has 0 aliphatic rings. The highest BCUT2D eigenvalue weighted by molar-refractivity contribution is 8.72. The second-order valence-electron chi connectivity index (χ2n) is 1.11. The molecule has 0 rings (SSSR count). The summed E-state index contributed by atoms with van der Waals surface area (Å²) in [6.45, 7) is 0. The summed E-state index contributed by atoms with van der Waals surface area (Å²) in [6, 6.07) is 0. The lowest BCUT2D eigenvalue weighted by atomic mass is 11.7. The molecular weight excluding hydrogens is 196 g/mol. The first kappa shape index (κ1) is 10.0. The predicted molar refractivity (Wildman–Crippen MR) is 28.5 cm³/mol. The summed E-state index contributed by atoms with van der Waals surface area (Å²) in [5.41, 5.74) is 0. The zero-order valence-electron chi connectivity index (χ0n) is 4.30. The molecule has 0 saturated carbocycles. The van der Waals surface area contributed by atoms with Gasteiger partial charge in [0.1, 0.15) is 0 Å². The Bertz CT molecular complexity index is 185. The fraction of sp³-hybridized carbons (Fsp3) is 1.00.